The van der Waals surface area contributed by atoms with Crippen molar-refractivity contribution >= 4 is 23.8 Å². The number of carbonyl (C=O) groups is 4. The van der Waals surface area contributed by atoms with Gasteiger partial charge in [-0.05, 0) is 44.9 Å². The van der Waals surface area contributed by atoms with Crippen molar-refractivity contribution in [2.45, 2.75) is 51.8 Å². The molecule has 1 saturated heterocycles. The Hall–Kier alpha value is -3.30. The Morgan fingerprint density at radius 3 is 2.70 bits per heavy atom. The number of esters is 1. The minimum absolute atomic E-state index is 0.0166. The van der Waals surface area contributed by atoms with Gasteiger partial charge in [0.1, 0.15) is 5.54 Å². The Bertz CT molecular complexity index is 868. The summed E-state index contributed by atoms with van der Waals surface area (Å²) < 4.78 is 15.7. The number of hydrogen-bond acceptors (Lipinski definition) is 7. The van der Waals surface area contributed by atoms with E-state index >= 15 is 0 Å². The minimum atomic E-state index is -0.970. The molecule has 0 radical (unpaired) electrons. The second-order valence-electron chi connectivity index (χ2n) is 7.65. The SMILES string of the molecule is C[C@H](OC(=O)CCCN1C(=O)NC(C)(C)C1=O)C(=O)NCc1ccc2c(c1)OCO2. The van der Waals surface area contributed by atoms with Gasteiger partial charge in [-0.1, -0.05) is 6.07 Å². The number of rotatable bonds is 8. The summed E-state index contributed by atoms with van der Waals surface area (Å²) in [6.07, 6.45) is -0.737. The normalized spacial score (nSPS) is 17.5. The van der Waals surface area contributed by atoms with E-state index in [1.165, 1.54) is 6.92 Å². The maximum Gasteiger partial charge on any atom is 0.325 e. The van der Waals surface area contributed by atoms with E-state index in [2.05, 4.69) is 10.6 Å². The largest absolute Gasteiger partial charge is 0.454 e. The molecule has 0 unspecified atom stereocenters. The van der Waals surface area contributed by atoms with Gasteiger partial charge in [0.05, 0.1) is 0 Å². The van der Waals surface area contributed by atoms with E-state index in [-0.39, 0.29) is 38.6 Å². The molecule has 2 aliphatic rings. The first kappa shape index (κ1) is 21.4. The van der Waals surface area contributed by atoms with Crippen molar-refractivity contribution in [3.05, 3.63) is 23.8 Å². The van der Waals surface area contributed by atoms with E-state index in [4.69, 9.17) is 14.2 Å². The predicted octanol–water partition coefficient (Wildman–Crippen LogP) is 1.07. The first-order valence-electron chi connectivity index (χ1n) is 9.67. The molecule has 1 aromatic rings. The van der Waals surface area contributed by atoms with Crippen LogP contribution in [0.4, 0.5) is 4.79 Å². The molecule has 2 heterocycles. The van der Waals surface area contributed by atoms with Crippen LogP contribution in [0.5, 0.6) is 11.5 Å². The predicted molar refractivity (Wildman–Crippen MR) is 104 cm³/mol. The van der Waals surface area contributed by atoms with Gasteiger partial charge in [-0.25, -0.2) is 4.79 Å². The molecule has 2 aliphatic heterocycles. The average molecular weight is 419 g/mol. The summed E-state index contributed by atoms with van der Waals surface area (Å²) in [6.45, 7) is 5.24. The van der Waals surface area contributed by atoms with Crippen LogP contribution in [0.25, 0.3) is 0 Å². The van der Waals surface area contributed by atoms with E-state index in [0.29, 0.717) is 11.5 Å². The Kier molecular flexibility index (Phi) is 6.14. The molecule has 2 N–H and O–H groups in total. The lowest BCUT2D eigenvalue weighted by molar-refractivity contribution is -0.155. The van der Waals surface area contributed by atoms with Crippen LogP contribution in [-0.4, -0.2) is 53.7 Å². The molecule has 0 aliphatic carbocycles. The quantitative estimate of drug-likeness (QED) is 0.477. The molecule has 1 atom stereocenters. The number of ether oxygens (including phenoxy) is 3. The van der Waals surface area contributed by atoms with E-state index in [9.17, 15) is 19.2 Å². The molecule has 3 rings (SSSR count). The number of nitrogens with zero attached hydrogens (tertiary/aromatic N) is 1. The molecule has 4 amide bonds. The number of imide groups is 1. The van der Waals surface area contributed by atoms with E-state index < -0.39 is 29.6 Å². The zero-order valence-electron chi connectivity index (χ0n) is 17.1. The molecule has 1 aromatic carbocycles. The lowest BCUT2D eigenvalue weighted by atomic mass is 10.1. The van der Waals surface area contributed by atoms with Crippen LogP contribution in [-0.2, 0) is 25.7 Å². The summed E-state index contributed by atoms with van der Waals surface area (Å²) in [5.74, 6) is -0.0696. The molecular formula is C20H25N3O7. The second-order valence-corrected chi connectivity index (χ2v) is 7.65. The van der Waals surface area contributed by atoms with Gasteiger partial charge in [-0.2, -0.15) is 0 Å². The van der Waals surface area contributed by atoms with Crippen LogP contribution in [0, 0.1) is 0 Å². The Morgan fingerprint density at radius 1 is 1.27 bits per heavy atom. The number of urea groups is 1. The van der Waals surface area contributed by atoms with Crippen LogP contribution in [0.15, 0.2) is 18.2 Å². The number of nitrogens with one attached hydrogen (secondary N) is 2. The zero-order chi connectivity index (χ0) is 21.9. The Morgan fingerprint density at radius 2 is 2.00 bits per heavy atom. The highest BCUT2D eigenvalue weighted by molar-refractivity contribution is 6.06. The van der Waals surface area contributed by atoms with Gasteiger partial charge in [0, 0.05) is 19.5 Å². The van der Waals surface area contributed by atoms with Gasteiger partial charge in [0.15, 0.2) is 17.6 Å². The highest BCUT2D eigenvalue weighted by Crippen LogP contribution is 2.32. The molecule has 0 spiro atoms. The van der Waals surface area contributed by atoms with Crippen molar-refractivity contribution in [1.82, 2.24) is 15.5 Å². The lowest BCUT2D eigenvalue weighted by Gasteiger charge is -2.16. The summed E-state index contributed by atoms with van der Waals surface area (Å²) in [6, 6.07) is 4.87. The fourth-order valence-corrected chi connectivity index (χ4v) is 3.10. The summed E-state index contributed by atoms with van der Waals surface area (Å²) >= 11 is 0. The summed E-state index contributed by atoms with van der Waals surface area (Å²) in [5, 5.41) is 5.27. The van der Waals surface area contributed by atoms with Gasteiger partial charge in [-0.15, -0.1) is 0 Å². The third-order valence-electron chi connectivity index (χ3n) is 4.79. The minimum Gasteiger partial charge on any atom is -0.454 e. The van der Waals surface area contributed by atoms with Crippen molar-refractivity contribution in [3.63, 3.8) is 0 Å². The summed E-state index contributed by atoms with van der Waals surface area (Å²) in [5.41, 5.74) is -0.120. The molecule has 0 aromatic heterocycles. The lowest BCUT2D eigenvalue weighted by Crippen LogP contribution is -2.40. The molecule has 10 nitrogen and oxygen atoms in total. The van der Waals surface area contributed by atoms with Gasteiger partial charge < -0.3 is 24.8 Å². The van der Waals surface area contributed by atoms with Crippen molar-refractivity contribution in [3.8, 4) is 11.5 Å². The number of hydrogen-bond donors (Lipinski definition) is 2. The molecule has 0 bridgehead atoms. The number of fused-ring (bicyclic) bond motifs is 1. The molecule has 10 heteroatoms. The first-order valence-corrected chi connectivity index (χ1v) is 9.67. The molecular weight excluding hydrogens is 394 g/mol. The number of carbonyl (C=O) groups excluding carboxylic acids is 4. The first-order chi connectivity index (χ1) is 14.2. The topological polar surface area (TPSA) is 123 Å². The van der Waals surface area contributed by atoms with E-state index in [0.717, 1.165) is 10.5 Å². The van der Waals surface area contributed by atoms with E-state index in [1.54, 1.807) is 26.0 Å². The summed E-state index contributed by atoms with van der Waals surface area (Å²) in [4.78, 5) is 49.1. The average Bonchev–Trinajstić information content (AvgIpc) is 3.22. The van der Waals surface area contributed by atoms with Gasteiger partial charge in [-0.3, -0.25) is 19.3 Å². The van der Waals surface area contributed by atoms with Crippen LogP contribution in [0.2, 0.25) is 0 Å². The van der Waals surface area contributed by atoms with Crippen LogP contribution >= 0.6 is 0 Å². The van der Waals surface area contributed by atoms with Crippen LogP contribution in [0.1, 0.15) is 39.2 Å². The molecule has 30 heavy (non-hydrogen) atoms. The molecule has 0 saturated carbocycles. The van der Waals surface area contributed by atoms with Crippen molar-refractivity contribution in [2.24, 2.45) is 0 Å². The maximum atomic E-state index is 12.2. The molecule has 162 valence electrons. The number of amides is 4. The highest BCUT2D eigenvalue weighted by atomic mass is 16.7. The van der Waals surface area contributed by atoms with Gasteiger partial charge in [0.2, 0.25) is 6.79 Å². The van der Waals surface area contributed by atoms with E-state index in [1.807, 2.05) is 6.07 Å². The Balaban J connectivity index is 1.38. The van der Waals surface area contributed by atoms with Crippen molar-refractivity contribution in [2.75, 3.05) is 13.3 Å². The third kappa shape index (κ3) is 4.81. The van der Waals surface area contributed by atoms with Crippen molar-refractivity contribution < 1.29 is 33.4 Å². The highest BCUT2D eigenvalue weighted by Gasteiger charge is 2.43. The maximum absolute atomic E-state index is 12.2. The fraction of sp³-hybridized carbons (Fsp3) is 0.500. The van der Waals surface area contributed by atoms with Gasteiger partial charge in [0.25, 0.3) is 11.8 Å². The number of benzene rings is 1. The van der Waals surface area contributed by atoms with Crippen molar-refractivity contribution in [1.29, 1.82) is 0 Å². The standard InChI is InChI=1S/C20H25N3O7/c1-12(17(25)21-10-13-6-7-14-15(9-13)29-11-28-14)30-16(24)5-4-8-23-18(26)20(2,3)22-19(23)27/h6-7,9,12H,4-5,8,10-11H2,1-3H3,(H,21,25)(H,22,27)/t12-/m0/s1. The smallest absolute Gasteiger partial charge is 0.325 e. The molecule has 1 fully saturated rings. The second kappa shape index (κ2) is 8.60. The van der Waals surface area contributed by atoms with Gasteiger partial charge >= 0.3 is 12.0 Å². The van der Waals surface area contributed by atoms with Crippen LogP contribution in [0.3, 0.4) is 0 Å². The summed E-state index contributed by atoms with van der Waals surface area (Å²) in [7, 11) is 0. The third-order valence-corrected chi connectivity index (χ3v) is 4.79. The zero-order valence-corrected chi connectivity index (χ0v) is 17.1. The monoisotopic (exact) mass is 419 g/mol. The Labute approximate surface area is 173 Å². The van der Waals surface area contributed by atoms with Crippen LogP contribution < -0.4 is 20.1 Å². The fourth-order valence-electron chi connectivity index (χ4n) is 3.10.